The number of anilines is 1. The fraction of sp³-hybridized carbons (Fsp3) is 0.417. The molecule has 1 amide bonds. The van der Waals surface area contributed by atoms with Crippen LogP contribution in [0.4, 0.5) is 5.69 Å². The molecule has 0 saturated carbocycles. The Hall–Kier alpha value is -2.62. The van der Waals surface area contributed by atoms with Gasteiger partial charge in [-0.3, -0.25) is 4.79 Å². The van der Waals surface area contributed by atoms with Crippen LogP contribution in [-0.4, -0.2) is 22.0 Å². The number of benzene rings is 2. The van der Waals surface area contributed by atoms with E-state index in [9.17, 15) is 4.79 Å². The summed E-state index contributed by atoms with van der Waals surface area (Å²) < 4.78 is 2.37. The third kappa shape index (κ3) is 3.56. The van der Waals surface area contributed by atoms with Crippen LogP contribution >= 0.6 is 0 Å². The molecule has 1 aliphatic rings. The molecule has 0 radical (unpaired) electrons. The molecule has 2 heterocycles. The van der Waals surface area contributed by atoms with E-state index in [0.29, 0.717) is 13.0 Å². The molecule has 4 rings (SSSR count). The number of rotatable bonds is 7. The van der Waals surface area contributed by atoms with Crippen molar-refractivity contribution in [2.75, 3.05) is 11.4 Å². The Morgan fingerprint density at radius 1 is 1.04 bits per heavy atom. The molecular formula is C24H29N3O. The van der Waals surface area contributed by atoms with Gasteiger partial charge in [0.1, 0.15) is 5.82 Å². The average molecular weight is 376 g/mol. The highest BCUT2D eigenvalue weighted by molar-refractivity contribution is 5.97. The quantitative estimate of drug-likeness (QED) is 0.515. The molecule has 0 aliphatic carbocycles. The molecule has 1 aromatic heterocycles. The fourth-order valence-electron chi connectivity index (χ4n) is 4.32. The third-order valence-electron chi connectivity index (χ3n) is 5.82. The number of aryl methyl sites for hydroxylation is 2. The van der Waals surface area contributed by atoms with Gasteiger partial charge in [0, 0.05) is 31.1 Å². The van der Waals surface area contributed by atoms with Crippen molar-refractivity contribution in [1.82, 2.24) is 9.55 Å². The van der Waals surface area contributed by atoms with Gasteiger partial charge in [-0.2, -0.15) is 0 Å². The highest BCUT2D eigenvalue weighted by atomic mass is 16.2. The van der Waals surface area contributed by atoms with E-state index in [1.165, 1.54) is 24.8 Å². The lowest BCUT2D eigenvalue weighted by molar-refractivity contribution is -0.117. The van der Waals surface area contributed by atoms with Crippen LogP contribution in [0.2, 0.25) is 0 Å². The van der Waals surface area contributed by atoms with Crippen molar-refractivity contribution in [2.24, 2.45) is 0 Å². The van der Waals surface area contributed by atoms with Gasteiger partial charge in [0.05, 0.1) is 11.0 Å². The summed E-state index contributed by atoms with van der Waals surface area (Å²) in [6.07, 6.45) is 5.43. The van der Waals surface area contributed by atoms with E-state index >= 15 is 0 Å². The van der Waals surface area contributed by atoms with Crippen LogP contribution in [0.25, 0.3) is 11.0 Å². The molecule has 146 valence electrons. The number of hydrogen-bond donors (Lipinski definition) is 0. The van der Waals surface area contributed by atoms with Gasteiger partial charge in [-0.05, 0) is 37.1 Å². The van der Waals surface area contributed by atoms with Gasteiger partial charge in [-0.1, -0.05) is 56.5 Å². The number of fused-ring (bicyclic) bond motifs is 1. The lowest BCUT2D eigenvalue weighted by atomic mass is 10.1. The van der Waals surface area contributed by atoms with Crippen LogP contribution in [0.3, 0.4) is 0 Å². The molecule has 0 N–H and O–H groups in total. The zero-order valence-electron chi connectivity index (χ0n) is 16.9. The molecule has 4 heteroatoms. The van der Waals surface area contributed by atoms with Crippen LogP contribution in [0.5, 0.6) is 0 Å². The number of unbranched alkanes of at least 4 members (excludes halogenated alkanes) is 3. The van der Waals surface area contributed by atoms with E-state index < -0.39 is 0 Å². The molecule has 3 aromatic rings. The molecule has 1 atom stereocenters. The van der Waals surface area contributed by atoms with Gasteiger partial charge in [0.25, 0.3) is 0 Å². The predicted octanol–water partition coefficient (Wildman–Crippen LogP) is 5.45. The Labute approximate surface area is 167 Å². The lowest BCUT2D eigenvalue weighted by Crippen LogP contribution is -2.25. The summed E-state index contributed by atoms with van der Waals surface area (Å²) in [5, 5.41) is 0. The number of aromatic nitrogens is 2. The van der Waals surface area contributed by atoms with Crippen molar-refractivity contribution in [3.8, 4) is 0 Å². The predicted molar refractivity (Wildman–Crippen MR) is 115 cm³/mol. The molecule has 1 aliphatic heterocycles. The fourth-order valence-corrected chi connectivity index (χ4v) is 4.32. The van der Waals surface area contributed by atoms with Gasteiger partial charge < -0.3 is 9.47 Å². The van der Waals surface area contributed by atoms with Crippen molar-refractivity contribution in [3.05, 3.63) is 59.9 Å². The molecular weight excluding hydrogens is 346 g/mol. The van der Waals surface area contributed by atoms with Gasteiger partial charge in [-0.25, -0.2) is 4.98 Å². The van der Waals surface area contributed by atoms with E-state index in [0.717, 1.165) is 35.6 Å². The number of hydrogen-bond acceptors (Lipinski definition) is 2. The maximum atomic E-state index is 12.8. The number of para-hydroxylation sites is 3. The van der Waals surface area contributed by atoms with Crippen molar-refractivity contribution >= 4 is 22.6 Å². The minimum Gasteiger partial charge on any atom is -0.328 e. The molecule has 0 spiro atoms. The SMILES string of the molecule is CCCCCCn1c([C@H]2CC(=O)N(c3ccccc3C)C2)nc2ccccc21. The Bertz CT molecular complexity index is 975. The van der Waals surface area contributed by atoms with Crippen LogP contribution < -0.4 is 4.90 Å². The first-order valence-corrected chi connectivity index (χ1v) is 10.5. The Morgan fingerprint density at radius 2 is 1.82 bits per heavy atom. The summed E-state index contributed by atoms with van der Waals surface area (Å²) in [7, 11) is 0. The summed E-state index contributed by atoms with van der Waals surface area (Å²) in [5.74, 6) is 1.41. The largest absolute Gasteiger partial charge is 0.328 e. The average Bonchev–Trinajstić information content (AvgIpc) is 3.26. The molecule has 1 fully saturated rings. The zero-order valence-corrected chi connectivity index (χ0v) is 16.9. The minimum absolute atomic E-state index is 0.144. The van der Waals surface area contributed by atoms with Gasteiger partial charge in [0.15, 0.2) is 0 Å². The van der Waals surface area contributed by atoms with Crippen molar-refractivity contribution in [2.45, 2.75) is 58.4 Å². The third-order valence-corrected chi connectivity index (χ3v) is 5.82. The van der Waals surface area contributed by atoms with E-state index in [1.807, 2.05) is 29.2 Å². The first kappa shape index (κ1) is 18.7. The Kier molecular flexibility index (Phi) is 5.47. The Balaban J connectivity index is 1.63. The van der Waals surface area contributed by atoms with Crippen molar-refractivity contribution in [3.63, 3.8) is 0 Å². The lowest BCUT2D eigenvalue weighted by Gasteiger charge is -2.19. The van der Waals surface area contributed by atoms with Crippen molar-refractivity contribution < 1.29 is 4.79 Å². The monoisotopic (exact) mass is 375 g/mol. The molecule has 2 aromatic carbocycles. The molecule has 4 nitrogen and oxygen atoms in total. The van der Waals surface area contributed by atoms with Crippen LogP contribution in [-0.2, 0) is 11.3 Å². The van der Waals surface area contributed by atoms with Gasteiger partial charge in [0.2, 0.25) is 5.91 Å². The highest BCUT2D eigenvalue weighted by Gasteiger charge is 2.35. The number of amides is 1. The first-order chi connectivity index (χ1) is 13.7. The summed E-state index contributed by atoms with van der Waals surface area (Å²) in [6.45, 7) is 5.99. The van der Waals surface area contributed by atoms with Crippen molar-refractivity contribution in [1.29, 1.82) is 0 Å². The second kappa shape index (κ2) is 8.17. The molecule has 1 saturated heterocycles. The van der Waals surface area contributed by atoms with E-state index in [1.54, 1.807) is 0 Å². The summed E-state index contributed by atoms with van der Waals surface area (Å²) in [5.41, 5.74) is 4.40. The van der Waals surface area contributed by atoms with Gasteiger partial charge >= 0.3 is 0 Å². The maximum Gasteiger partial charge on any atom is 0.227 e. The topological polar surface area (TPSA) is 38.1 Å². The summed E-state index contributed by atoms with van der Waals surface area (Å²) in [6, 6.07) is 16.5. The second-order valence-corrected chi connectivity index (χ2v) is 7.86. The highest BCUT2D eigenvalue weighted by Crippen LogP contribution is 2.34. The number of nitrogens with zero attached hydrogens (tertiary/aromatic N) is 3. The minimum atomic E-state index is 0.144. The summed E-state index contributed by atoms with van der Waals surface area (Å²) >= 11 is 0. The van der Waals surface area contributed by atoms with Gasteiger partial charge in [-0.15, -0.1) is 0 Å². The van der Waals surface area contributed by atoms with Crippen LogP contribution in [0, 0.1) is 6.92 Å². The zero-order chi connectivity index (χ0) is 19.5. The Morgan fingerprint density at radius 3 is 2.64 bits per heavy atom. The maximum absolute atomic E-state index is 12.8. The summed E-state index contributed by atoms with van der Waals surface area (Å²) in [4.78, 5) is 19.7. The van der Waals surface area contributed by atoms with E-state index in [4.69, 9.17) is 4.98 Å². The van der Waals surface area contributed by atoms with Crippen LogP contribution in [0.15, 0.2) is 48.5 Å². The number of carbonyl (C=O) groups excluding carboxylic acids is 1. The standard InChI is InChI=1S/C24H29N3O/c1-3-4-5-10-15-26-22-14-9-7-12-20(22)25-24(26)19-16-23(28)27(17-19)21-13-8-6-11-18(21)2/h6-9,11-14,19H,3-5,10,15-17H2,1-2H3/t19-/m0/s1. The number of imidazole rings is 1. The normalized spacial score (nSPS) is 17.0. The molecule has 0 unspecified atom stereocenters. The number of carbonyl (C=O) groups is 1. The molecule has 28 heavy (non-hydrogen) atoms. The van der Waals surface area contributed by atoms with E-state index in [2.05, 4.69) is 42.7 Å². The van der Waals surface area contributed by atoms with Crippen LogP contribution in [0.1, 0.15) is 56.3 Å². The molecule has 0 bridgehead atoms. The smallest absolute Gasteiger partial charge is 0.227 e. The van der Waals surface area contributed by atoms with E-state index in [-0.39, 0.29) is 11.8 Å². The second-order valence-electron chi connectivity index (χ2n) is 7.86. The first-order valence-electron chi connectivity index (χ1n) is 10.5.